The van der Waals surface area contributed by atoms with Gasteiger partial charge in [-0.1, -0.05) is 19.9 Å². The van der Waals surface area contributed by atoms with Crippen molar-refractivity contribution in [2.75, 3.05) is 25.0 Å². The Morgan fingerprint density at radius 1 is 1.16 bits per heavy atom. The van der Waals surface area contributed by atoms with Crippen molar-refractivity contribution in [3.8, 4) is 0 Å². The lowest BCUT2D eigenvalue weighted by atomic mass is 10.0. The summed E-state index contributed by atoms with van der Waals surface area (Å²) >= 11 is 0. The Labute approximate surface area is 184 Å². The van der Waals surface area contributed by atoms with Gasteiger partial charge >= 0.3 is 5.97 Å². The number of carbonyl (C=O) groups excluding carboxylic acids is 2. The van der Waals surface area contributed by atoms with Crippen molar-refractivity contribution in [2.24, 2.45) is 0 Å². The number of benzene rings is 1. The Hall–Kier alpha value is -2.65. The summed E-state index contributed by atoms with van der Waals surface area (Å²) in [5.74, 6) is -0.712. The van der Waals surface area contributed by atoms with Gasteiger partial charge in [-0.25, -0.2) is 13.2 Å². The molecule has 0 amide bonds. The average molecular weight is 450 g/mol. The number of Topliss-reactive ketones (excluding diaryl/α,β-unsaturated/α-hetero) is 1. The maximum atomic E-state index is 13.0. The molecule has 9 heteroatoms. The van der Waals surface area contributed by atoms with Crippen molar-refractivity contribution in [1.29, 1.82) is 0 Å². The quantitative estimate of drug-likeness (QED) is 0.424. The minimum Gasteiger partial charge on any atom is -0.462 e. The van der Waals surface area contributed by atoms with Crippen LogP contribution in [0.5, 0.6) is 0 Å². The van der Waals surface area contributed by atoms with E-state index in [4.69, 9.17) is 4.74 Å². The lowest BCUT2D eigenvalue weighted by Gasteiger charge is -2.20. The third-order valence-corrected chi connectivity index (χ3v) is 7.16. The van der Waals surface area contributed by atoms with Crippen molar-refractivity contribution < 1.29 is 22.7 Å². The van der Waals surface area contributed by atoms with Crippen molar-refractivity contribution in [2.45, 2.75) is 52.5 Å². The van der Waals surface area contributed by atoms with Crippen LogP contribution in [0.2, 0.25) is 0 Å². The van der Waals surface area contributed by atoms with Gasteiger partial charge in [0.15, 0.2) is 0 Å². The minimum absolute atomic E-state index is 0.164. The number of esters is 1. The van der Waals surface area contributed by atoms with Gasteiger partial charge in [-0.05, 0) is 51.5 Å². The molecule has 0 aliphatic heterocycles. The van der Waals surface area contributed by atoms with Crippen LogP contribution >= 0.6 is 0 Å². The summed E-state index contributed by atoms with van der Waals surface area (Å²) in [6.07, 6.45) is 0. The average Bonchev–Trinajstić information content (AvgIpc) is 3.02. The first-order valence-electron chi connectivity index (χ1n) is 10.4. The van der Waals surface area contributed by atoms with Crippen LogP contribution in [0.25, 0.3) is 0 Å². The molecule has 1 unspecified atom stereocenters. The molecule has 1 aromatic carbocycles. The van der Waals surface area contributed by atoms with E-state index in [0.29, 0.717) is 41.3 Å². The third-order valence-electron chi connectivity index (χ3n) is 5.12. The number of hydrogen-bond acceptors (Lipinski definition) is 6. The molecule has 0 saturated carbocycles. The Balaban J connectivity index is 2.27. The number of nitrogens with zero attached hydrogens (tertiary/aromatic N) is 1. The molecule has 2 N–H and O–H groups in total. The number of sulfonamides is 1. The van der Waals surface area contributed by atoms with E-state index in [0.717, 1.165) is 0 Å². The summed E-state index contributed by atoms with van der Waals surface area (Å²) in [5, 5.41) is 3.07. The highest BCUT2D eigenvalue weighted by atomic mass is 32.2. The van der Waals surface area contributed by atoms with Crippen LogP contribution in [0.1, 0.15) is 59.8 Å². The molecule has 1 atom stereocenters. The molecule has 1 heterocycles. The van der Waals surface area contributed by atoms with E-state index < -0.39 is 22.0 Å². The fourth-order valence-electron chi connectivity index (χ4n) is 3.50. The van der Waals surface area contributed by atoms with Crippen LogP contribution in [0, 0.1) is 13.8 Å². The van der Waals surface area contributed by atoms with E-state index >= 15 is 0 Å². The van der Waals surface area contributed by atoms with Gasteiger partial charge in [0.05, 0.1) is 28.8 Å². The SMILES string of the molecule is CCOC(=O)c1c(C)[nH]c(C(=O)C(C)Nc2cccc(S(=O)(=O)N(CC)CC)c2)c1C. The molecule has 0 saturated heterocycles. The van der Waals surface area contributed by atoms with Crippen LogP contribution in [0.4, 0.5) is 5.69 Å². The summed E-state index contributed by atoms with van der Waals surface area (Å²) < 4.78 is 32.0. The van der Waals surface area contributed by atoms with Crippen molar-refractivity contribution in [3.05, 3.63) is 46.8 Å². The zero-order chi connectivity index (χ0) is 23.3. The Kier molecular flexibility index (Phi) is 8.02. The van der Waals surface area contributed by atoms with Gasteiger partial charge in [0.1, 0.15) is 0 Å². The van der Waals surface area contributed by atoms with Gasteiger partial charge in [-0.3, -0.25) is 4.79 Å². The molecule has 0 aliphatic rings. The maximum Gasteiger partial charge on any atom is 0.340 e. The molecular weight excluding hydrogens is 418 g/mol. The molecule has 31 heavy (non-hydrogen) atoms. The molecular formula is C22H31N3O5S. The maximum absolute atomic E-state index is 13.0. The van der Waals surface area contributed by atoms with Gasteiger partial charge in [-0.15, -0.1) is 0 Å². The smallest absolute Gasteiger partial charge is 0.340 e. The number of anilines is 1. The molecule has 2 aromatic rings. The zero-order valence-electron chi connectivity index (χ0n) is 18.9. The predicted molar refractivity (Wildman–Crippen MR) is 120 cm³/mol. The van der Waals surface area contributed by atoms with E-state index in [2.05, 4.69) is 10.3 Å². The van der Waals surface area contributed by atoms with Gasteiger partial charge in [0.2, 0.25) is 15.8 Å². The topological polar surface area (TPSA) is 109 Å². The number of nitrogens with one attached hydrogen (secondary N) is 2. The zero-order valence-corrected chi connectivity index (χ0v) is 19.7. The Morgan fingerprint density at radius 3 is 2.39 bits per heavy atom. The van der Waals surface area contributed by atoms with E-state index in [1.165, 1.54) is 16.4 Å². The molecule has 2 rings (SSSR count). The normalized spacial score (nSPS) is 12.6. The Bertz CT molecular complexity index is 1060. The molecule has 0 spiro atoms. The Morgan fingerprint density at radius 2 is 1.81 bits per heavy atom. The summed E-state index contributed by atoms with van der Waals surface area (Å²) in [6, 6.07) is 5.75. The van der Waals surface area contributed by atoms with Gasteiger partial charge < -0.3 is 15.0 Å². The summed E-state index contributed by atoms with van der Waals surface area (Å²) in [5.41, 5.74) is 2.31. The summed E-state index contributed by atoms with van der Waals surface area (Å²) in [4.78, 5) is 28.4. The van der Waals surface area contributed by atoms with Gasteiger partial charge in [-0.2, -0.15) is 4.31 Å². The lowest BCUT2D eigenvalue weighted by molar-refractivity contribution is 0.0525. The fraction of sp³-hybridized carbons (Fsp3) is 0.455. The van der Waals surface area contributed by atoms with Gasteiger partial charge in [0.25, 0.3) is 0 Å². The second-order valence-corrected chi connectivity index (χ2v) is 9.13. The number of hydrogen-bond donors (Lipinski definition) is 2. The lowest BCUT2D eigenvalue weighted by Crippen LogP contribution is -2.31. The standard InChI is InChI=1S/C22H31N3O5S/c1-7-25(8-2)31(28,29)18-12-10-11-17(13-18)23-16(6)21(26)20-14(4)19(15(5)24-20)22(27)30-9-3/h10-13,16,23-24H,7-9H2,1-6H3. The number of aromatic nitrogens is 1. The van der Waals surface area contributed by atoms with Crippen molar-refractivity contribution in [1.82, 2.24) is 9.29 Å². The van der Waals surface area contributed by atoms with E-state index in [1.54, 1.807) is 53.7 Å². The number of ether oxygens (including phenoxy) is 1. The molecule has 0 aliphatic carbocycles. The number of carbonyl (C=O) groups is 2. The number of H-pyrrole nitrogens is 1. The van der Waals surface area contributed by atoms with Crippen LogP contribution in [-0.2, 0) is 14.8 Å². The second-order valence-electron chi connectivity index (χ2n) is 7.19. The van der Waals surface area contributed by atoms with Crippen LogP contribution in [0.3, 0.4) is 0 Å². The number of aryl methyl sites for hydroxylation is 1. The van der Waals surface area contributed by atoms with Crippen LogP contribution in [-0.4, -0.2) is 55.2 Å². The number of rotatable bonds is 10. The molecule has 8 nitrogen and oxygen atoms in total. The monoisotopic (exact) mass is 449 g/mol. The van der Waals surface area contributed by atoms with E-state index in [1.807, 2.05) is 0 Å². The van der Waals surface area contributed by atoms with Crippen molar-refractivity contribution >= 4 is 27.5 Å². The first-order valence-corrected chi connectivity index (χ1v) is 11.8. The van der Waals surface area contributed by atoms with E-state index in [-0.39, 0.29) is 17.3 Å². The highest BCUT2D eigenvalue weighted by Gasteiger charge is 2.26. The minimum atomic E-state index is -3.61. The van der Waals surface area contributed by atoms with Gasteiger partial charge in [0, 0.05) is 24.5 Å². The van der Waals surface area contributed by atoms with Crippen molar-refractivity contribution in [3.63, 3.8) is 0 Å². The van der Waals surface area contributed by atoms with Crippen LogP contribution in [0.15, 0.2) is 29.2 Å². The molecule has 0 fully saturated rings. The number of ketones is 1. The van der Waals surface area contributed by atoms with E-state index in [9.17, 15) is 18.0 Å². The molecule has 1 aromatic heterocycles. The molecule has 0 radical (unpaired) electrons. The highest BCUT2D eigenvalue weighted by molar-refractivity contribution is 7.89. The highest BCUT2D eigenvalue weighted by Crippen LogP contribution is 2.23. The first kappa shape index (κ1) is 24.6. The second kappa shape index (κ2) is 10.1. The third kappa shape index (κ3) is 5.16. The number of aromatic amines is 1. The molecule has 170 valence electrons. The largest absolute Gasteiger partial charge is 0.462 e. The molecule has 0 bridgehead atoms. The fourth-order valence-corrected chi connectivity index (χ4v) is 5.00. The first-order chi connectivity index (χ1) is 14.6. The predicted octanol–water partition coefficient (Wildman–Crippen LogP) is 3.52. The van der Waals surface area contributed by atoms with Crippen LogP contribution < -0.4 is 5.32 Å². The summed E-state index contributed by atoms with van der Waals surface area (Å²) in [6.45, 7) is 11.4. The summed E-state index contributed by atoms with van der Waals surface area (Å²) in [7, 11) is -3.61.